The van der Waals surface area contributed by atoms with Crippen LogP contribution < -0.4 is 10.5 Å². The maximum absolute atomic E-state index is 13.7. The number of Topliss-reactive ketones (excluding diaryl/α,β-unsaturated/α-hetero) is 1. The molecule has 0 fully saturated rings. The van der Waals surface area contributed by atoms with E-state index in [4.69, 9.17) is 10.5 Å². The molecule has 0 bridgehead atoms. The molecule has 1 unspecified atom stereocenters. The zero-order chi connectivity index (χ0) is 12.8. The van der Waals surface area contributed by atoms with E-state index in [0.717, 1.165) is 6.42 Å². The van der Waals surface area contributed by atoms with Crippen molar-refractivity contribution in [3.63, 3.8) is 0 Å². The minimum Gasteiger partial charge on any atom is -0.494 e. The van der Waals surface area contributed by atoms with Gasteiger partial charge in [-0.15, -0.1) is 0 Å². The number of hydrogen-bond acceptors (Lipinski definition) is 3. The van der Waals surface area contributed by atoms with Gasteiger partial charge in [-0.1, -0.05) is 19.1 Å². The molecule has 0 aliphatic carbocycles. The minimum absolute atomic E-state index is 0.0495. The van der Waals surface area contributed by atoms with E-state index in [1.807, 2.05) is 6.92 Å². The lowest BCUT2D eigenvalue weighted by Crippen LogP contribution is -2.23. The van der Waals surface area contributed by atoms with Crippen molar-refractivity contribution in [2.75, 3.05) is 7.11 Å². The van der Waals surface area contributed by atoms with Crippen molar-refractivity contribution >= 4 is 5.78 Å². The summed E-state index contributed by atoms with van der Waals surface area (Å²) < 4.78 is 18.6. The van der Waals surface area contributed by atoms with Crippen LogP contribution in [-0.2, 0) is 11.2 Å². The summed E-state index contributed by atoms with van der Waals surface area (Å²) in [5, 5.41) is 0. The fraction of sp³-hybridized carbons (Fsp3) is 0.462. The predicted molar refractivity (Wildman–Crippen MR) is 64.5 cm³/mol. The Morgan fingerprint density at radius 3 is 2.82 bits per heavy atom. The molecule has 1 aromatic rings. The summed E-state index contributed by atoms with van der Waals surface area (Å²) in [5.74, 6) is -0.352. The first-order chi connectivity index (χ1) is 8.08. The number of ether oxygens (including phenoxy) is 1. The van der Waals surface area contributed by atoms with Crippen LogP contribution in [0.1, 0.15) is 25.3 Å². The molecule has 0 radical (unpaired) electrons. The highest BCUT2D eigenvalue weighted by Crippen LogP contribution is 2.20. The number of halogens is 1. The van der Waals surface area contributed by atoms with E-state index in [2.05, 4.69) is 0 Å². The van der Waals surface area contributed by atoms with Crippen molar-refractivity contribution in [2.24, 2.45) is 5.73 Å². The van der Waals surface area contributed by atoms with Gasteiger partial charge >= 0.3 is 0 Å². The number of ketones is 1. The van der Waals surface area contributed by atoms with Crippen LogP contribution >= 0.6 is 0 Å². The van der Waals surface area contributed by atoms with Crippen LogP contribution in [0.4, 0.5) is 4.39 Å². The largest absolute Gasteiger partial charge is 0.494 e. The van der Waals surface area contributed by atoms with Gasteiger partial charge in [0.05, 0.1) is 7.11 Å². The Labute approximate surface area is 101 Å². The average molecular weight is 239 g/mol. The van der Waals surface area contributed by atoms with Crippen LogP contribution in [0, 0.1) is 5.82 Å². The number of nitrogens with two attached hydrogens (primary N) is 1. The first kappa shape index (κ1) is 13.6. The third-order valence-electron chi connectivity index (χ3n) is 2.67. The quantitative estimate of drug-likeness (QED) is 0.826. The van der Waals surface area contributed by atoms with Gasteiger partial charge in [-0.25, -0.2) is 4.39 Å². The number of carbonyl (C=O) groups is 1. The molecule has 0 aliphatic rings. The van der Waals surface area contributed by atoms with E-state index in [1.54, 1.807) is 12.1 Å². The monoisotopic (exact) mass is 239 g/mol. The highest BCUT2D eigenvalue weighted by Gasteiger charge is 2.13. The molecule has 3 nitrogen and oxygen atoms in total. The lowest BCUT2D eigenvalue weighted by Gasteiger charge is -2.09. The second-order valence-electron chi connectivity index (χ2n) is 4.02. The Hall–Kier alpha value is -1.42. The van der Waals surface area contributed by atoms with Gasteiger partial charge in [0.25, 0.3) is 0 Å². The van der Waals surface area contributed by atoms with E-state index >= 15 is 0 Å². The molecule has 17 heavy (non-hydrogen) atoms. The van der Waals surface area contributed by atoms with E-state index in [1.165, 1.54) is 13.2 Å². The summed E-state index contributed by atoms with van der Waals surface area (Å²) in [7, 11) is 1.40. The SMILES string of the molecule is CCC(N)CC(=O)Cc1cccc(OC)c1F. The van der Waals surface area contributed by atoms with Crippen molar-refractivity contribution in [1.29, 1.82) is 0 Å². The molecule has 0 heterocycles. The van der Waals surface area contributed by atoms with Crippen molar-refractivity contribution in [3.05, 3.63) is 29.6 Å². The summed E-state index contributed by atoms with van der Waals surface area (Å²) in [6, 6.07) is 4.65. The van der Waals surface area contributed by atoms with Gasteiger partial charge in [0.15, 0.2) is 11.6 Å². The van der Waals surface area contributed by atoms with Crippen LogP contribution in [0.15, 0.2) is 18.2 Å². The maximum Gasteiger partial charge on any atom is 0.168 e. The number of benzene rings is 1. The third kappa shape index (κ3) is 3.82. The van der Waals surface area contributed by atoms with Gasteiger partial charge in [-0.2, -0.15) is 0 Å². The van der Waals surface area contributed by atoms with Gasteiger partial charge in [0.1, 0.15) is 5.78 Å². The molecule has 1 rings (SSSR count). The number of rotatable bonds is 6. The molecular weight excluding hydrogens is 221 g/mol. The summed E-state index contributed by atoms with van der Waals surface area (Å²) in [6.45, 7) is 1.92. The highest BCUT2D eigenvalue weighted by atomic mass is 19.1. The molecule has 1 atom stereocenters. The second-order valence-corrected chi connectivity index (χ2v) is 4.02. The van der Waals surface area contributed by atoms with E-state index in [-0.39, 0.29) is 30.4 Å². The highest BCUT2D eigenvalue weighted by molar-refractivity contribution is 5.81. The smallest absolute Gasteiger partial charge is 0.168 e. The summed E-state index contributed by atoms with van der Waals surface area (Å²) in [6.07, 6.45) is 1.09. The van der Waals surface area contributed by atoms with Crippen molar-refractivity contribution in [3.8, 4) is 5.75 Å². The van der Waals surface area contributed by atoms with Gasteiger partial charge in [-0.3, -0.25) is 4.79 Å². The van der Waals surface area contributed by atoms with E-state index in [9.17, 15) is 9.18 Å². The van der Waals surface area contributed by atoms with Crippen LogP contribution in [0.25, 0.3) is 0 Å². The number of carbonyl (C=O) groups excluding carboxylic acids is 1. The van der Waals surface area contributed by atoms with Gasteiger partial charge in [0.2, 0.25) is 0 Å². The molecule has 2 N–H and O–H groups in total. The molecule has 0 saturated carbocycles. The van der Waals surface area contributed by atoms with Crippen LogP contribution in [0.3, 0.4) is 0 Å². The predicted octanol–water partition coefficient (Wildman–Crippen LogP) is 2.07. The fourth-order valence-electron chi connectivity index (χ4n) is 1.57. The third-order valence-corrected chi connectivity index (χ3v) is 2.67. The zero-order valence-corrected chi connectivity index (χ0v) is 10.2. The first-order valence-electron chi connectivity index (χ1n) is 5.67. The zero-order valence-electron chi connectivity index (χ0n) is 10.2. The van der Waals surface area contributed by atoms with Gasteiger partial charge < -0.3 is 10.5 Å². The van der Waals surface area contributed by atoms with E-state index < -0.39 is 5.82 Å². The molecule has 0 amide bonds. The van der Waals surface area contributed by atoms with Crippen molar-refractivity contribution in [2.45, 2.75) is 32.2 Å². The lowest BCUT2D eigenvalue weighted by atomic mass is 10.0. The second kappa shape index (κ2) is 6.35. The Kier molecular flexibility index (Phi) is 5.10. The van der Waals surface area contributed by atoms with Crippen LogP contribution in [-0.4, -0.2) is 18.9 Å². The van der Waals surface area contributed by atoms with Crippen LogP contribution in [0.2, 0.25) is 0 Å². The van der Waals surface area contributed by atoms with Crippen LogP contribution in [0.5, 0.6) is 5.75 Å². The van der Waals surface area contributed by atoms with Crippen molar-refractivity contribution in [1.82, 2.24) is 0 Å². The first-order valence-corrected chi connectivity index (χ1v) is 5.67. The van der Waals surface area contributed by atoms with Crippen molar-refractivity contribution < 1.29 is 13.9 Å². The fourth-order valence-corrected chi connectivity index (χ4v) is 1.57. The number of hydrogen-bond donors (Lipinski definition) is 1. The molecule has 0 spiro atoms. The standard InChI is InChI=1S/C13H18FNO2/c1-3-10(15)8-11(16)7-9-5-4-6-12(17-2)13(9)14/h4-6,10H,3,7-8,15H2,1-2H3. The topological polar surface area (TPSA) is 52.3 Å². The normalized spacial score (nSPS) is 12.2. The molecule has 1 aromatic carbocycles. The molecule has 0 aliphatic heterocycles. The summed E-state index contributed by atoms with van der Waals surface area (Å²) in [5.41, 5.74) is 6.04. The number of methoxy groups -OCH3 is 1. The Balaban J connectivity index is 2.71. The summed E-state index contributed by atoms with van der Waals surface area (Å²) >= 11 is 0. The van der Waals surface area contributed by atoms with Gasteiger partial charge in [-0.05, 0) is 18.1 Å². The van der Waals surface area contributed by atoms with E-state index in [0.29, 0.717) is 5.56 Å². The van der Waals surface area contributed by atoms with Gasteiger partial charge in [0, 0.05) is 18.9 Å². The Bertz CT molecular complexity index is 393. The molecule has 0 aromatic heterocycles. The molecule has 4 heteroatoms. The molecule has 0 saturated heterocycles. The minimum atomic E-state index is -0.464. The Morgan fingerprint density at radius 2 is 2.24 bits per heavy atom. The maximum atomic E-state index is 13.7. The lowest BCUT2D eigenvalue weighted by molar-refractivity contribution is -0.118. The molecule has 94 valence electrons. The summed E-state index contributed by atoms with van der Waals surface area (Å²) in [4.78, 5) is 11.6. The molecular formula is C13H18FNO2. The Morgan fingerprint density at radius 1 is 1.53 bits per heavy atom. The average Bonchev–Trinajstić information content (AvgIpc) is 2.31.